The summed E-state index contributed by atoms with van der Waals surface area (Å²) in [5.41, 5.74) is 0.391. The van der Waals surface area contributed by atoms with E-state index in [4.69, 9.17) is 4.74 Å². The standard InChI is InChI=1S/C11H15N3O2/c1-16-10-6-5-9(12-13-10)11(15)14-7-3-2-4-8-14/h5-6H,2-4,7-8H2,1H3. The van der Waals surface area contributed by atoms with Crippen LogP contribution in [0.3, 0.4) is 0 Å². The zero-order chi connectivity index (χ0) is 11.4. The van der Waals surface area contributed by atoms with E-state index < -0.39 is 0 Å². The van der Waals surface area contributed by atoms with Gasteiger partial charge in [-0.25, -0.2) is 0 Å². The van der Waals surface area contributed by atoms with Crippen LogP contribution in [0.1, 0.15) is 29.8 Å². The van der Waals surface area contributed by atoms with Gasteiger partial charge < -0.3 is 9.64 Å². The second kappa shape index (κ2) is 4.92. The van der Waals surface area contributed by atoms with Crippen LogP contribution in [0, 0.1) is 0 Å². The van der Waals surface area contributed by atoms with Crippen LogP contribution in [-0.2, 0) is 0 Å². The molecule has 2 rings (SSSR count). The van der Waals surface area contributed by atoms with Crippen molar-refractivity contribution in [2.45, 2.75) is 19.3 Å². The zero-order valence-electron chi connectivity index (χ0n) is 9.35. The minimum absolute atomic E-state index is 0.0325. The summed E-state index contributed by atoms with van der Waals surface area (Å²) in [6.45, 7) is 1.65. The van der Waals surface area contributed by atoms with Gasteiger partial charge in [0.25, 0.3) is 5.91 Å². The van der Waals surface area contributed by atoms with Crippen LogP contribution in [0.5, 0.6) is 5.88 Å². The molecular weight excluding hydrogens is 206 g/mol. The number of amides is 1. The van der Waals surface area contributed by atoms with E-state index in [2.05, 4.69) is 10.2 Å². The maximum absolute atomic E-state index is 12.0. The van der Waals surface area contributed by atoms with E-state index in [0.717, 1.165) is 25.9 Å². The van der Waals surface area contributed by atoms with Crippen LogP contribution < -0.4 is 4.74 Å². The highest BCUT2D eigenvalue weighted by atomic mass is 16.5. The first-order valence-corrected chi connectivity index (χ1v) is 5.48. The van der Waals surface area contributed by atoms with Crippen molar-refractivity contribution in [2.75, 3.05) is 20.2 Å². The molecule has 5 nitrogen and oxygen atoms in total. The molecule has 0 aromatic carbocycles. The number of aromatic nitrogens is 2. The molecule has 0 aliphatic carbocycles. The summed E-state index contributed by atoms with van der Waals surface area (Å²) in [7, 11) is 1.52. The molecule has 1 amide bonds. The largest absolute Gasteiger partial charge is 0.480 e. The molecule has 86 valence electrons. The third-order valence-electron chi connectivity index (χ3n) is 2.71. The van der Waals surface area contributed by atoms with Crippen LogP contribution >= 0.6 is 0 Å². The minimum Gasteiger partial charge on any atom is -0.480 e. The van der Waals surface area contributed by atoms with E-state index in [0.29, 0.717) is 11.6 Å². The fraction of sp³-hybridized carbons (Fsp3) is 0.545. The summed E-state index contributed by atoms with van der Waals surface area (Å²) >= 11 is 0. The molecule has 1 aromatic heterocycles. The maximum atomic E-state index is 12.0. The summed E-state index contributed by atoms with van der Waals surface area (Å²) in [5.74, 6) is 0.394. The number of carbonyl (C=O) groups is 1. The van der Waals surface area contributed by atoms with Gasteiger partial charge in [0.2, 0.25) is 5.88 Å². The molecule has 0 atom stereocenters. The minimum atomic E-state index is -0.0325. The molecule has 1 saturated heterocycles. The van der Waals surface area contributed by atoms with Crippen LogP contribution in [0.2, 0.25) is 0 Å². The number of ether oxygens (including phenoxy) is 1. The second-order valence-electron chi connectivity index (χ2n) is 3.81. The Morgan fingerprint density at radius 1 is 1.25 bits per heavy atom. The number of piperidine rings is 1. The van der Waals surface area contributed by atoms with Crippen molar-refractivity contribution < 1.29 is 9.53 Å². The number of carbonyl (C=O) groups excluding carboxylic acids is 1. The van der Waals surface area contributed by atoms with Crippen LogP contribution in [0.25, 0.3) is 0 Å². The first kappa shape index (κ1) is 10.9. The fourth-order valence-corrected chi connectivity index (χ4v) is 1.80. The van der Waals surface area contributed by atoms with E-state index in [1.807, 2.05) is 4.90 Å². The van der Waals surface area contributed by atoms with E-state index in [-0.39, 0.29) is 5.91 Å². The molecule has 2 heterocycles. The first-order valence-electron chi connectivity index (χ1n) is 5.48. The van der Waals surface area contributed by atoms with Crippen molar-refractivity contribution in [1.29, 1.82) is 0 Å². The smallest absolute Gasteiger partial charge is 0.274 e. The number of hydrogen-bond donors (Lipinski definition) is 0. The first-order chi connectivity index (χ1) is 7.81. The Morgan fingerprint density at radius 3 is 2.56 bits per heavy atom. The van der Waals surface area contributed by atoms with Gasteiger partial charge >= 0.3 is 0 Å². The van der Waals surface area contributed by atoms with Crippen molar-refractivity contribution in [3.63, 3.8) is 0 Å². The van der Waals surface area contributed by atoms with Crippen LogP contribution in [0.4, 0.5) is 0 Å². The third-order valence-corrected chi connectivity index (χ3v) is 2.71. The lowest BCUT2D eigenvalue weighted by atomic mass is 10.1. The van der Waals surface area contributed by atoms with Crippen molar-refractivity contribution in [2.24, 2.45) is 0 Å². The lowest BCUT2D eigenvalue weighted by Gasteiger charge is -2.26. The number of likely N-dealkylation sites (tertiary alicyclic amines) is 1. The van der Waals surface area contributed by atoms with Gasteiger partial charge in [-0.15, -0.1) is 10.2 Å². The Balaban J connectivity index is 2.07. The topological polar surface area (TPSA) is 55.3 Å². The van der Waals surface area contributed by atoms with E-state index in [1.54, 1.807) is 12.1 Å². The summed E-state index contributed by atoms with van der Waals surface area (Å²) < 4.78 is 4.90. The summed E-state index contributed by atoms with van der Waals surface area (Å²) in [6.07, 6.45) is 3.36. The molecule has 16 heavy (non-hydrogen) atoms. The molecule has 5 heteroatoms. The van der Waals surface area contributed by atoms with E-state index in [1.165, 1.54) is 13.5 Å². The summed E-state index contributed by atoms with van der Waals surface area (Å²) in [6, 6.07) is 3.31. The number of rotatable bonds is 2. The Kier molecular flexibility index (Phi) is 3.34. The van der Waals surface area contributed by atoms with Gasteiger partial charge in [0.05, 0.1) is 7.11 Å². The van der Waals surface area contributed by atoms with Crippen molar-refractivity contribution in [1.82, 2.24) is 15.1 Å². The molecule has 0 saturated carbocycles. The van der Waals surface area contributed by atoms with Crippen LogP contribution in [0.15, 0.2) is 12.1 Å². The molecule has 0 unspecified atom stereocenters. The Morgan fingerprint density at radius 2 is 2.00 bits per heavy atom. The molecule has 1 fully saturated rings. The van der Waals surface area contributed by atoms with Gasteiger partial charge in [0, 0.05) is 19.2 Å². The number of hydrogen-bond acceptors (Lipinski definition) is 4. The van der Waals surface area contributed by atoms with Crippen molar-refractivity contribution in [3.05, 3.63) is 17.8 Å². The Bertz CT molecular complexity index is 358. The Hall–Kier alpha value is -1.65. The quantitative estimate of drug-likeness (QED) is 0.750. The summed E-state index contributed by atoms with van der Waals surface area (Å²) in [4.78, 5) is 13.8. The maximum Gasteiger partial charge on any atom is 0.274 e. The lowest BCUT2D eigenvalue weighted by molar-refractivity contribution is 0.0717. The van der Waals surface area contributed by atoms with E-state index in [9.17, 15) is 4.79 Å². The highest BCUT2D eigenvalue weighted by Crippen LogP contribution is 2.12. The average Bonchev–Trinajstić information content (AvgIpc) is 2.39. The van der Waals surface area contributed by atoms with Gasteiger partial charge in [-0.3, -0.25) is 4.79 Å². The molecule has 1 aliphatic rings. The normalized spacial score (nSPS) is 15.9. The number of nitrogens with zero attached hydrogens (tertiary/aromatic N) is 3. The molecule has 0 radical (unpaired) electrons. The average molecular weight is 221 g/mol. The molecule has 1 aromatic rings. The summed E-state index contributed by atoms with van der Waals surface area (Å²) in [5, 5.41) is 7.65. The molecule has 0 N–H and O–H groups in total. The predicted octanol–water partition coefficient (Wildman–Crippen LogP) is 1.11. The second-order valence-corrected chi connectivity index (χ2v) is 3.81. The molecule has 0 spiro atoms. The Labute approximate surface area is 94.4 Å². The molecular formula is C11H15N3O2. The lowest BCUT2D eigenvalue weighted by Crippen LogP contribution is -2.36. The third kappa shape index (κ3) is 2.29. The van der Waals surface area contributed by atoms with Gasteiger partial charge in [-0.2, -0.15) is 0 Å². The monoisotopic (exact) mass is 221 g/mol. The fourth-order valence-electron chi connectivity index (χ4n) is 1.80. The van der Waals surface area contributed by atoms with Gasteiger partial charge in [-0.05, 0) is 25.3 Å². The highest BCUT2D eigenvalue weighted by molar-refractivity contribution is 5.92. The zero-order valence-corrected chi connectivity index (χ0v) is 9.35. The van der Waals surface area contributed by atoms with Crippen molar-refractivity contribution >= 4 is 5.91 Å². The van der Waals surface area contributed by atoms with Gasteiger partial charge in [0.15, 0.2) is 5.69 Å². The number of methoxy groups -OCH3 is 1. The molecule has 1 aliphatic heterocycles. The van der Waals surface area contributed by atoms with Gasteiger partial charge in [0.1, 0.15) is 0 Å². The van der Waals surface area contributed by atoms with Crippen LogP contribution in [-0.4, -0.2) is 41.2 Å². The van der Waals surface area contributed by atoms with Crippen molar-refractivity contribution in [3.8, 4) is 5.88 Å². The highest BCUT2D eigenvalue weighted by Gasteiger charge is 2.19. The molecule has 0 bridgehead atoms. The predicted molar refractivity (Wildman–Crippen MR) is 58.3 cm³/mol. The van der Waals surface area contributed by atoms with E-state index >= 15 is 0 Å². The van der Waals surface area contributed by atoms with Gasteiger partial charge in [-0.1, -0.05) is 0 Å². The SMILES string of the molecule is COc1ccc(C(=O)N2CCCCC2)nn1.